The standard InChI is InChI=1S/C19H16Cl2N4O/c1-11-6-7-13(10-12(11)2)23-19-22-9-8-16(25-19)18(26)24-15-5-3-4-14(20)17(15)21/h3-10H,1-2H3,(H,24,26)(H,22,23,25). The molecule has 0 aliphatic heterocycles. The molecule has 1 amide bonds. The van der Waals surface area contributed by atoms with Gasteiger partial charge in [0, 0.05) is 11.9 Å². The van der Waals surface area contributed by atoms with Gasteiger partial charge in [-0.25, -0.2) is 9.97 Å². The molecule has 5 nitrogen and oxygen atoms in total. The van der Waals surface area contributed by atoms with E-state index in [0.717, 1.165) is 11.3 Å². The van der Waals surface area contributed by atoms with Gasteiger partial charge in [-0.05, 0) is 55.3 Å². The molecule has 3 rings (SSSR count). The van der Waals surface area contributed by atoms with Gasteiger partial charge >= 0.3 is 0 Å². The van der Waals surface area contributed by atoms with Gasteiger partial charge in [0.1, 0.15) is 5.69 Å². The van der Waals surface area contributed by atoms with Crippen molar-refractivity contribution in [2.24, 2.45) is 0 Å². The zero-order chi connectivity index (χ0) is 18.7. The van der Waals surface area contributed by atoms with E-state index in [1.165, 1.54) is 17.8 Å². The minimum atomic E-state index is -0.403. The van der Waals surface area contributed by atoms with Gasteiger partial charge in [0.15, 0.2) is 0 Å². The topological polar surface area (TPSA) is 66.9 Å². The molecular weight excluding hydrogens is 371 g/mol. The maximum Gasteiger partial charge on any atom is 0.274 e. The molecule has 1 aromatic heterocycles. The monoisotopic (exact) mass is 386 g/mol. The van der Waals surface area contributed by atoms with Gasteiger partial charge in [0.2, 0.25) is 5.95 Å². The molecule has 0 fully saturated rings. The summed E-state index contributed by atoms with van der Waals surface area (Å²) >= 11 is 12.1. The third-order valence-electron chi connectivity index (χ3n) is 3.85. The maximum absolute atomic E-state index is 12.5. The number of amides is 1. The molecule has 0 spiro atoms. The summed E-state index contributed by atoms with van der Waals surface area (Å²) in [5, 5.41) is 6.45. The van der Waals surface area contributed by atoms with Crippen molar-refractivity contribution < 1.29 is 4.79 Å². The maximum atomic E-state index is 12.5. The van der Waals surface area contributed by atoms with Crippen molar-refractivity contribution in [1.82, 2.24) is 9.97 Å². The molecule has 0 aliphatic carbocycles. The van der Waals surface area contributed by atoms with Crippen molar-refractivity contribution in [2.45, 2.75) is 13.8 Å². The second-order valence-corrected chi connectivity index (χ2v) is 6.53. The van der Waals surface area contributed by atoms with Crippen LogP contribution in [0.2, 0.25) is 10.0 Å². The van der Waals surface area contributed by atoms with Crippen LogP contribution in [0.4, 0.5) is 17.3 Å². The lowest BCUT2D eigenvalue weighted by molar-refractivity contribution is 0.102. The van der Waals surface area contributed by atoms with Crippen molar-refractivity contribution in [1.29, 1.82) is 0 Å². The first-order valence-electron chi connectivity index (χ1n) is 7.87. The Kier molecular flexibility index (Phi) is 5.40. The second kappa shape index (κ2) is 7.72. The Labute approximate surface area is 161 Å². The molecule has 7 heteroatoms. The molecule has 26 heavy (non-hydrogen) atoms. The Balaban J connectivity index is 1.79. The van der Waals surface area contributed by atoms with E-state index in [-0.39, 0.29) is 10.7 Å². The highest BCUT2D eigenvalue weighted by Gasteiger charge is 2.12. The molecule has 132 valence electrons. The minimum Gasteiger partial charge on any atom is -0.324 e. The molecule has 3 aromatic rings. The average Bonchev–Trinajstić information content (AvgIpc) is 2.62. The van der Waals surface area contributed by atoms with E-state index in [4.69, 9.17) is 23.2 Å². The number of hydrogen-bond acceptors (Lipinski definition) is 4. The molecular formula is C19H16Cl2N4O. The summed E-state index contributed by atoms with van der Waals surface area (Å²) < 4.78 is 0. The van der Waals surface area contributed by atoms with Crippen molar-refractivity contribution >= 4 is 46.4 Å². The van der Waals surface area contributed by atoms with Crippen molar-refractivity contribution in [3.05, 3.63) is 75.5 Å². The molecule has 0 atom stereocenters. The van der Waals surface area contributed by atoms with E-state index < -0.39 is 5.91 Å². The number of carbonyl (C=O) groups excluding carboxylic acids is 1. The summed E-state index contributed by atoms with van der Waals surface area (Å²) in [5.74, 6) is -0.0715. The summed E-state index contributed by atoms with van der Waals surface area (Å²) in [4.78, 5) is 20.9. The first-order valence-corrected chi connectivity index (χ1v) is 8.62. The summed E-state index contributed by atoms with van der Waals surface area (Å²) in [5.41, 5.74) is 3.83. The summed E-state index contributed by atoms with van der Waals surface area (Å²) in [6, 6.07) is 12.5. The Morgan fingerprint density at radius 2 is 1.85 bits per heavy atom. The number of halogens is 2. The zero-order valence-electron chi connectivity index (χ0n) is 14.2. The zero-order valence-corrected chi connectivity index (χ0v) is 15.7. The van der Waals surface area contributed by atoms with Gasteiger partial charge in [-0.15, -0.1) is 0 Å². The van der Waals surface area contributed by atoms with Crippen molar-refractivity contribution in [2.75, 3.05) is 10.6 Å². The van der Waals surface area contributed by atoms with E-state index in [9.17, 15) is 4.79 Å². The SMILES string of the molecule is Cc1ccc(Nc2nccc(C(=O)Nc3cccc(Cl)c3Cl)n2)cc1C. The normalized spacial score (nSPS) is 10.5. The van der Waals surface area contributed by atoms with Gasteiger partial charge in [-0.3, -0.25) is 4.79 Å². The Morgan fingerprint density at radius 1 is 1.04 bits per heavy atom. The first-order chi connectivity index (χ1) is 12.4. The number of benzene rings is 2. The lowest BCUT2D eigenvalue weighted by Crippen LogP contribution is -2.15. The fourth-order valence-electron chi connectivity index (χ4n) is 2.28. The molecule has 0 bridgehead atoms. The van der Waals surface area contributed by atoms with E-state index in [0.29, 0.717) is 16.7 Å². The largest absolute Gasteiger partial charge is 0.324 e. The van der Waals surface area contributed by atoms with Crippen LogP contribution >= 0.6 is 23.2 Å². The molecule has 0 aliphatic rings. The van der Waals surface area contributed by atoms with Gasteiger partial charge in [0.25, 0.3) is 5.91 Å². The highest BCUT2D eigenvalue weighted by atomic mass is 35.5. The van der Waals surface area contributed by atoms with Crippen molar-refractivity contribution in [3.63, 3.8) is 0 Å². The average molecular weight is 387 g/mol. The Morgan fingerprint density at radius 3 is 2.62 bits per heavy atom. The van der Waals surface area contributed by atoms with Crippen LogP contribution in [0.15, 0.2) is 48.7 Å². The smallest absolute Gasteiger partial charge is 0.274 e. The van der Waals surface area contributed by atoms with Crippen LogP contribution in [0.3, 0.4) is 0 Å². The quantitative estimate of drug-likeness (QED) is 0.629. The van der Waals surface area contributed by atoms with E-state index >= 15 is 0 Å². The number of nitrogens with one attached hydrogen (secondary N) is 2. The van der Waals surface area contributed by atoms with E-state index in [2.05, 4.69) is 20.6 Å². The molecule has 2 N–H and O–H groups in total. The van der Waals surface area contributed by atoms with E-state index in [1.807, 2.05) is 32.0 Å². The fraction of sp³-hybridized carbons (Fsp3) is 0.105. The van der Waals surface area contributed by atoms with Crippen LogP contribution in [0.25, 0.3) is 0 Å². The van der Waals surface area contributed by atoms with Crippen LogP contribution in [0.5, 0.6) is 0 Å². The number of hydrogen-bond donors (Lipinski definition) is 2. The summed E-state index contributed by atoms with van der Waals surface area (Å²) in [6.07, 6.45) is 1.52. The molecule has 0 saturated heterocycles. The second-order valence-electron chi connectivity index (χ2n) is 5.75. The first kappa shape index (κ1) is 18.2. The lowest BCUT2D eigenvalue weighted by atomic mass is 10.1. The molecule has 1 heterocycles. The molecule has 0 saturated carbocycles. The van der Waals surface area contributed by atoms with Gasteiger partial charge in [-0.1, -0.05) is 35.3 Å². The lowest BCUT2D eigenvalue weighted by Gasteiger charge is -2.10. The highest BCUT2D eigenvalue weighted by molar-refractivity contribution is 6.44. The third-order valence-corrected chi connectivity index (χ3v) is 4.67. The molecule has 0 unspecified atom stereocenters. The van der Waals surface area contributed by atoms with Gasteiger partial charge < -0.3 is 10.6 Å². The van der Waals surface area contributed by atoms with Crippen LogP contribution in [0, 0.1) is 13.8 Å². The van der Waals surface area contributed by atoms with Gasteiger partial charge in [-0.2, -0.15) is 0 Å². The predicted octanol–water partition coefficient (Wildman–Crippen LogP) is 5.40. The number of carbonyl (C=O) groups is 1. The molecule has 2 aromatic carbocycles. The number of nitrogens with zero attached hydrogens (tertiary/aromatic N) is 2. The summed E-state index contributed by atoms with van der Waals surface area (Å²) in [6.45, 7) is 4.07. The number of aromatic nitrogens is 2. The highest BCUT2D eigenvalue weighted by Crippen LogP contribution is 2.29. The van der Waals surface area contributed by atoms with E-state index in [1.54, 1.807) is 18.2 Å². The van der Waals surface area contributed by atoms with Crippen LogP contribution in [-0.4, -0.2) is 15.9 Å². The van der Waals surface area contributed by atoms with Crippen LogP contribution in [-0.2, 0) is 0 Å². The van der Waals surface area contributed by atoms with Crippen molar-refractivity contribution in [3.8, 4) is 0 Å². The Hall–Kier alpha value is -2.63. The number of rotatable bonds is 4. The van der Waals surface area contributed by atoms with Crippen LogP contribution < -0.4 is 10.6 Å². The number of anilines is 3. The Bertz CT molecular complexity index is 976. The molecule has 0 radical (unpaired) electrons. The summed E-state index contributed by atoms with van der Waals surface area (Å²) in [7, 11) is 0. The fourth-order valence-corrected chi connectivity index (χ4v) is 2.63. The number of aryl methyl sites for hydroxylation is 2. The predicted molar refractivity (Wildman–Crippen MR) is 106 cm³/mol. The van der Waals surface area contributed by atoms with Crippen LogP contribution in [0.1, 0.15) is 21.6 Å². The van der Waals surface area contributed by atoms with Gasteiger partial charge in [0.05, 0.1) is 15.7 Å². The minimum absolute atomic E-state index is 0.211. The third kappa shape index (κ3) is 4.12.